The third-order valence-electron chi connectivity index (χ3n) is 4.57. The van der Waals surface area contributed by atoms with Gasteiger partial charge >= 0.3 is 0 Å². The van der Waals surface area contributed by atoms with Crippen LogP contribution in [-0.4, -0.2) is 19.1 Å². The number of amides is 1. The third-order valence-corrected chi connectivity index (χ3v) is 4.57. The average molecular weight is 312 g/mol. The fraction of sp³-hybridized carbons (Fsp3) is 0.474. The Hall–Kier alpha value is -2.28. The largest absolute Gasteiger partial charge is 0.497 e. The average Bonchev–Trinajstić information content (AvgIpc) is 2.55. The summed E-state index contributed by atoms with van der Waals surface area (Å²) in [7, 11) is 1.61. The van der Waals surface area contributed by atoms with E-state index in [1.54, 1.807) is 13.2 Å². The Morgan fingerprint density at radius 1 is 1.39 bits per heavy atom. The lowest BCUT2D eigenvalue weighted by Crippen LogP contribution is -2.41. The number of methoxy groups -OCH3 is 1. The van der Waals surface area contributed by atoms with Crippen molar-refractivity contribution in [1.82, 2.24) is 5.32 Å². The highest BCUT2D eigenvalue weighted by molar-refractivity contribution is 6.02. The molecule has 1 amide bonds. The van der Waals surface area contributed by atoms with Crippen LogP contribution in [0.4, 0.5) is 0 Å². The van der Waals surface area contributed by atoms with Crippen molar-refractivity contribution >= 4 is 12.0 Å². The van der Waals surface area contributed by atoms with Gasteiger partial charge in [0.15, 0.2) is 0 Å². The molecule has 2 rings (SSSR count). The number of carbonyl (C=O) groups is 1. The van der Waals surface area contributed by atoms with E-state index in [2.05, 4.69) is 12.2 Å². The molecule has 1 aliphatic rings. The van der Waals surface area contributed by atoms with Crippen LogP contribution in [0, 0.1) is 24.2 Å². The molecule has 0 unspecified atom stereocenters. The van der Waals surface area contributed by atoms with Crippen molar-refractivity contribution in [2.24, 2.45) is 5.92 Å². The standard InChI is InChI=1S/C19H24N2O2/c1-13-6-4-5-7-18(13)21-19(22)16(12-20)11-15-8-9-17(23-3)10-14(15)2/h8-11,13,18H,4-7H2,1-3H3,(H,21,22)/b16-11+/t13-,18-/m0/s1. The highest BCUT2D eigenvalue weighted by atomic mass is 16.5. The van der Waals surface area contributed by atoms with Crippen molar-refractivity contribution in [2.45, 2.75) is 45.6 Å². The van der Waals surface area contributed by atoms with Gasteiger partial charge in [0.2, 0.25) is 0 Å². The van der Waals surface area contributed by atoms with Crippen LogP contribution in [0.15, 0.2) is 23.8 Å². The summed E-state index contributed by atoms with van der Waals surface area (Å²) in [5, 5.41) is 12.4. The van der Waals surface area contributed by atoms with Gasteiger partial charge in [-0.05, 0) is 55.0 Å². The van der Waals surface area contributed by atoms with Crippen molar-refractivity contribution in [3.8, 4) is 11.8 Å². The van der Waals surface area contributed by atoms with E-state index in [1.807, 2.05) is 31.2 Å². The zero-order chi connectivity index (χ0) is 16.8. The lowest BCUT2D eigenvalue weighted by atomic mass is 9.86. The molecule has 1 aromatic rings. The summed E-state index contributed by atoms with van der Waals surface area (Å²) in [6, 6.07) is 7.78. The summed E-state index contributed by atoms with van der Waals surface area (Å²) in [4.78, 5) is 12.4. The second-order valence-electron chi connectivity index (χ2n) is 6.23. The van der Waals surface area contributed by atoms with E-state index < -0.39 is 0 Å². The number of nitriles is 1. The number of hydrogen-bond acceptors (Lipinski definition) is 3. The summed E-state index contributed by atoms with van der Waals surface area (Å²) in [5.41, 5.74) is 1.97. The number of hydrogen-bond donors (Lipinski definition) is 1. The van der Waals surface area contributed by atoms with E-state index in [0.717, 1.165) is 36.1 Å². The molecular formula is C19H24N2O2. The maximum absolute atomic E-state index is 12.4. The van der Waals surface area contributed by atoms with E-state index in [1.165, 1.54) is 6.42 Å². The molecule has 0 aromatic heterocycles. The van der Waals surface area contributed by atoms with Crippen LogP contribution >= 0.6 is 0 Å². The van der Waals surface area contributed by atoms with E-state index >= 15 is 0 Å². The fourth-order valence-electron chi connectivity index (χ4n) is 3.02. The Kier molecular flexibility index (Phi) is 5.81. The number of aryl methyl sites for hydroxylation is 1. The van der Waals surface area contributed by atoms with Crippen LogP contribution in [0.1, 0.15) is 43.7 Å². The van der Waals surface area contributed by atoms with Gasteiger partial charge in [0.05, 0.1) is 7.11 Å². The van der Waals surface area contributed by atoms with Crippen LogP contribution in [0.2, 0.25) is 0 Å². The molecule has 0 spiro atoms. The van der Waals surface area contributed by atoms with Gasteiger partial charge < -0.3 is 10.1 Å². The number of ether oxygens (including phenoxy) is 1. The fourth-order valence-corrected chi connectivity index (χ4v) is 3.02. The minimum atomic E-state index is -0.276. The predicted octanol–water partition coefficient (Wildman–Crippen LogP) is 3.61. The molecule has 1 aliphatic carbocycles. The number of benzene rings is 1. The monoisotopic (exact) mass is 312 g/mol. The Morgan fingerprint density at radius 2 is 2.13 bits per heavy atom. The van der Waals surface area contributed by atoms with Gasteiger partial charge in [0.25, 0.3) is 5.91 Å². The van der Waals surface area contributed by atoms with E-state index in [9.17, 15) is 10.1 Å². The van der Waals surface area contributed by atoms with Crippen LogP contribution < -0.4 is 10.1 Å². The zero-order valence-electron chi connectivity index (χ0n) is 14.1. The Balaban J connectivity index is 2.15. The number of nitrogens with one attached hydrogen (secondary N) is 1. The van der Waals surface area contributed by atoms with E-state index in [4.69, 9.17) is 4.74 Å². The van der Waals surface area contributed by atoms with Gasteiger partial charge in [-0.25, -0.2) is 0 Å². The molecule has 1 saturated carbocycles. The predicted molar refractivity (Wildman–Crippen MR) is 90.9 cm³/mol. The molecule has 1 fully saturated rings. The van der Waals surface area contributed by atoms with Crippen molar-refractivity contribution in [1.29, 1.82) is 5.26 Å². The molecule has 4 heteroatoms. The first kappa shape index (κ1) is 17.1. The van der Waals surface area contributed by atoms with Crippen molar-refractivity contribution in [3.63, 3.8) is 0 Å². The summed E-state index contributed by atoms with van der Waals surface area (Å²) >= 11 is 0. The molecule has 4 nitrogen and oxygen atoms in total. The van der Waals surface area contributed by atoms with Gasteiger partial charge in [-0.2, -0.15) is 5.26 Å². The first-order valence-electron chi connectivity index (χ1n) is 8.12. The molecule has 0 aliphatic heterocycles. The van der Waals surface area contributed by atoms with Crippen LogP contribution in [0.5, 0.6) is 5.75 Å². The second-order valence-corrected chi connectivity index (χ2v) is 6.23. The lowest BCUT2D eigenvalue weighted by molar-refractivity contribution is -0.118. The quantitative estimate of drug-likeness (QED) is 0.682. The molecule has 1 N–H and O–H groups in total. The minimum Gasteiger partial charge on any atom is -0.497 e. The van der Waals surface area contributed by atoms with Crippen LogP contribution in [-0.2, 0) is 4.79 Å². The smallest absolute Gasteiger partial charge is 0.262 e. The molecule has 122 valence electrons. The summed E-state index contributed by atoms with van der Waals surface area (Å²) in [6.07, 6.45) is 6.14. The van der Waals surface area contributed by atoms with Crippen molar-refractivity contribution in [2.75, 3.05) is 7.11 Å². The number of carbonyl (C=O) groups excluding carboxylic acids is 1. The third kappa shape index (κ3) is 4.35. The first-order chi connectivity index (χ1) is 11.0. The molecule has 23 heavy (non-hydrogen) atoms. The van der Waals surface area contributed by atoms with Gasteiger partial charge in [0, 0.05) is 6.04 Å². The molecule has 1 aromatic carbocycles. The SMILES string of the molecule is COc1ccc(/C=C(\C#N)C(=O)N[C@H]2CCCC[C@@H]2C)c(C)c1. The summed E-state index contributed by atoms with van der Waals surface area (Å²) in [6.45, 7) is 4.10. The van der Waals surface area contributed by atoms with Crippen molar-refractivity contribution < 1.29 is 9.53 Å². The molecule has 0 saturated heterocycles. The van der Waals surface area contributed by atoms with Gasteiger partial charge in [0.1, 0.15) is 17.4 Å². The number of nitrogens with zero attached hydrogens (tertiary/aromatic N) is 1. The van der Waals surface area contributed by atoms with Gasteiger partial charge in [-0.3, -0.25) is 4.79 Å². The maximum atomic E-state index is 12.4. The summed E-state index contributed by atoms with van der Waals surface area (Å²) < 4.78 is 5.18. The van der Waals surface area contributed by atoms with Gasteiger partial charge in [-0.15, -0.1) is 0 Å². The van der Waals surface area contributed by atoms with Crippen molar-refractivity contribution in [3.05, 3.63) is 34.9 Å². The lowest BCUT2D eigenvalue weighted by Gasteiger charge is -2.29. The van der Waals surface area contributed by atoms with E-state index in [0.29, 0.717) is 5.92 Å². The molecule has 0 heterocycles. The topological polar surface area (TPSA) is 62.1 Å². The Bertz CT molecular complexity index is 643. The van der Waals surface area contributed by atoms with Gasteiger partial charge in [-0.1, -0.05) is 25.8 Å². The summed E-state index contributed by atoms with van der Waals surface area (Å²) in [5.74, 6) is 0.954. The van der Waals surface area contributed by atoms with Crippen LogP contribution in [0.3, 0.4) is 0 Å². The minimum absolute atomic E-state index is 0.149. The highest BCUT2D eigenvalue weighted by Gasteiger charge is 2.24. The van der Waals surface area contributed by atoms with Crippen LogP contribution in [0.25, 0.3) is 6.08 Å². The zero-order valence-corrected chi connectivity index (χ0v) is 14.1. The normalized spacial score (nSPS) is 21.4. The molecular weight excluding hydrogens is 288 g/mol. The molecule has 0 radical (unpaired) electrons. The molecule has 2 atom stereocenters. The molecule has 0 bridgehead atoms. The van der Waals surface area contributed by atoms with E-state index in [-0.39, 0.29) is 17.5 Å². The Labute approximate surface area is 138 Å². The Morgan fingerprint density at radius 3 is 2.74 bits per heavy atom. The first-order valence-corrected chi connectivity index (χ1v) is 8.12. The second kappa shape index (κ2) is 7.82. The number of rotatable bonds is 4. The maximum Gasteiger partial charge on any atom is 0.262 e. The highest BCUT2D eigenvalue weighted by Crippen LogP contribution is 2.24.